The standard InChI is InChI=1S/C17H18FN3/c1-11-4-3-5-15-16(11)21(17(19)20-15)9-8-13-6-7-14(18)10-12(13)2/h3-7,10H,8-9H2,1-2H3,(H2,19,20). The predicted molar refractivity (Wildman–Crippen MR) is 83.7 cm³/mol. The number of nitrogens with zero attached hydrogens (tertiary/aromatic N) is 2. The Balaban J connectivity index is 1.93. The molecule has 2 N–H and O–H groups in total. The summed E-state index contributed by atoms with van der Waals surface area (Å²) in [5.41, 5.74) is 11.3. The van der Waals surface area contributed by atoms with E-state index in [0.29, 0.717) is 5.95 Å². The molecule has 2 aromatic carbocycles. The highest BCUT2D eigenvalue weighted by molar-refractivity contribution is 5.81. The average molecular weight is 283 g/mol. The first-order valence-electron chi connectivity index (χ1n) is 7.02. The number of rotatable bonds is 3. The first-order chi connectivity index (χ1) is 10.1. The van der Waals surface area contributed by atoms with Gasteiger partial charge in [0.2, 0.25) is 5.95 Å². The normalized spacial score (nSPS) is 11.2. The third-order valence-corrected chi connectivity index (χ3v) is 3.91. The minimum absolute atomic E-state index is 0.195. The van der Waals surface area contributed by atoms with Gasteiger partial charge in [-0.15, -0.1) is 0 Å². The van der Waals surface area contributed by atoms with E-state index in [1.807, 2.05) is 29.7 Å². The van der Waals surface area contributed by atoms with E-state index < -0.39 is 0 Å². The van der Waals surface area contributed by atoms with Crippen molar-refractivity contribution in [2.24, 2.45) is 0 Å². The quantitative estimate of drug-likeness (QED) is 0.798. The number of fused-ring (bicyclic) bond motifs is 1. The van der Waals surface area contributed by atoms with E-state index in [-0.39, 0.29) is 5.82 Å². The maximum Gasteiger partial charge on any atom is 0.201 e. The highest BCUT2D eigenvalue weighted by Crippen LogP contribution is 2.22. The third kappa shape index (κ3) is 2.49. The van der Waals surface area contributed by atoms with Crippen molar-refractivity contribution in [2.45, 2.75) is 26.8 Å². The van der Waals surface area contributed by atoms with E-state index in [9.17, 15) is 4.39 Å². The average Bonchev–Trinajstić information content (AvgIpc) is 2.75. The molecule has 0 saturated carbocycles. The van der Waals surface area contributed by atoms with Crippen molar-refractivity contribution in [3.05, 3.63) is 58.9 Å². The Hall–Kier alpha value is -2.36. The molecule has 3 nitrogen and oxygen atoms in total. The van der Waals surface area contributed by atoms with Gasteiger partial charge < -0.3 is 10.3 Å². The van der Waals surface area contributed by atoms with Crippen molar-refractivity contribution in [1.82, 2.24) is 9.55 Å². The van der Waals surface area contributed by atoms with E-state index >= 15 is 0 Å². The lowest BCUT2D eigenvalue weighted by Gasteiger charge is -2.10. The Bertz CT molecular complexity index is 805. The highest BCUT2D eigenvalue weighted by Gasteiger charge is 2.10. The molecule has 0 aliphatic rings. The van der Waals surface area contributed by atoms with Crippen molar-refractivity contribution < 1.29 is 4.39 Å². The van der Waals surface area contributed by atoms with Crippen molar-refractivity contribution in [2.75, 3.05) is 5.73 Å². The second-order valence-electron chi connectivity index (χ2n) is 5.39. The molecule has 21 heavy (non-hydrogen) atoms. The smallest absolute Gasteiger partial charge is 0.201 e. The van der Waals surface area contributed by atoms with Crippen LogP contribution in [0.1, 0.15) is 16.7 Å². The lowest BCUT2D eigenvalue weighted by Crippen LogP contribution is -2.07. The maximum atomic E-state index is 13.2. The molecule has 0 aliphatic carbocycles. The molecule has 4 heteroatoms. The minimum atomic E-state index is -0.195. The van der Waals surface area contributed by atoms with Crippen LogP contribution in [-0.2, 0) is 13.0 Å². The molecule has 0 saturated heterocycles. The number of anilines is 1. The van der Waals surface area contributed by atoms with Crippen LogP contribution in [-0.4, -0.2) is 9.55 Å². The van der Waals surface area contributed by atoms with Crippen LogP contribution in [0.25, 0.3) is 11.0 Å². The number of nitrogen functional groups attached to an aromatic ring is 1. The molecule has 0 aliphatic heterocycles. The summed E-state index contributed by atoms with van der Waals surface area (Å²) in [5, 5.41) is 0. The number of imidazole rings is 1. The van der Waals surface area contributed by atoms with E-state index in [4.69, 9.17) is 5.73 Å². The summed E-state index contributed by atoms with van der Waals surface area (Å²) in [6.45, 7) is 4.72. The number of hydrogen-bond acceptors (Lipinski definition) is 2. The van der Waals surface area contributed by atoms with Gasteiger partial charge in [-0.2, -0.15) is 0 Å². The zero-order valence-corrected chi connectivity index (χ0v) is 12.2. The molecule has 0 bridgehead atoms. The molecule has 0 atom stereocenters. The summed E-state index contributed by atoms with van der Waals surface area (Å²) >= 11 is 0. The number of halogens is 1. The number of para-hydroxylation sites is 1. The SMILES string of the molecule is Cc1cc(F)ccc1CCn1c(N)nc2cccc(C)c21. The van der Waals surface area contributed by atoms with Crippen molar-refractivity contribution >= 4 is 17.0 Å². The Kier molecular flexibility index (Phi) is 3.37. The molecular weight excluding hydrogens is 265 g/mol. The van der Waals surface area contributed by atoms with Crippen molar-refractivity contribution in [1.29, 1.82) is 0 Å². The van der Waals surface area contributed by atoms with Gasteiger partial charge in [0.15, 0.2) is 0 Å². The van der Waals surface area contributed by atoms with E-state index in [2.05, 4.69) is 18.0 Å². The Morgan fingerprint density at radius 3 is 2.71 bits per heavy atom. The summed E-state index contributed by atoms with van der Waals surface area (Å²) in [5.74, 6) is 0.332. The first-order valence-corrected chi connectivity index (χ1v) is 7.02. The van der Waals surface area contributed by atoms with Crippen LogP contribution in [0.5, 0.6) is 0 Å². The molecule has 1 heterocycles. The zero-order chi connectivity index (χ0) is 15.0. The van der Waals surface area contributed by atoms with Crippen LogP contribution >= 0.6 is 0 Å². The van der Waals surface area contributed by atoms with Gasteiger partial charge in [-0.1, -0.05) is 18.2 Å². The number of aromatic nitrogens is 2. The van der Waals surface area contributed by atoms with Crippen LogP contribution in [0.4, 0.5) is 10.3 Å². The van der Waals surface area contributed by atoms with Crippen molar-refractivity contribution in [3.8, 4) is 0 Å². The summed E-state index contributed by atoms with van der Waals surface area (Å²) in [7, 11) is 0. The van der Waals surface area contributed by atoms with Crippen LogP contribution in [0.15, 0.2) is 36.4 Å². The van der Waals surface area contributed by atoms with E-state index in [1.54, 1.807) is 6.07 Å². The maximum absolute atomic E-state index is 13.2. The molecule has 3 rings (SSSR count). The van der Waals surface area contributed by atoms with Gasteiger partial charge >= 0.3 is 0 Å². The topological polar surface area (TPSA) is 43.8 Å². The molecule has 0 unspecified atom stereocenters. The predicted octanol–water partition coefficient (Wildman–Crippen LogP) is 3.62. The van der Waals surface area contributed by atoms with Crippen molar-refractivity contribution in [3.63, 3.8) is 0 Å². The number of nitrogens with two attached hydrogens (primary N) is 1. The van der Waals surface area contributed by atoms with Crippen LogP contribution in [0.2, 0.25) is 0 Å². The molecule has 3 aromatic rings. The summed E-state index contributed by atoms with van der Waals surface area (Å²) in [6.07, 6.45) is 0.802. The van der Waals surface area contributed by atoms with Crippen LogP contribution in [0, 0.1) is 19.7 Å². The summed E-state index contributed by atoms with van der Waals surface area (Å²) in [6, 6.07) is 10.9. The molecule has 0 radical (unpaired) electrons. The number of aryl methyl sites for hydroxylation is 4. The fourth-order valence-electron chi connectivity index (χ4n) is 2.78. The van der Waals surface area contributed by atoms with Gasteiger partial charge in [0, 0.05) is 6.54 Å². The van der Waals surface area contributed by atoms with Gasteiger partial charge in [-0.25, -0.2) is 9.37 Å². The Morgan fingerprint density at radius 2 is 1.95 bits per heavy atom. The summed E-state index contributed by atoms with van der Waals surface area (Å²) in [4.78, 5) is 4.40. The van der Waals surface area contributed by atoms with E-state index in [0.717, 1.165) is 40.7 Å². The first kappa shape index (κ1) is 13.6. The Morgan fingerprint density at radius 1 is 1.14 bits per heavy atom. The summed E-state index contributed by atoms with van der Waals surface area (Å²) < 4.78 is 15.2. The molecule has 1 aromatic heterocycles. The second-order valence-corrected chi connectivity index (χ2v) is 5.39. The molecule has 0 amide bonds. The third-order valence-electron chi connectivity index (χ3n) is 3.91. The van der Waals surface area contributed by atoms with Gasteiger partial charge in [0.1, 0.15) is 5.82 Å². The van der Waals surface area contributed by atoms with Gasteiger partial charge in [0.05, 0.1) is 11.0 Å². The lowest BCUT2D eigenvalue weighted by molar-refractivity contribution is 0.624. The molecule has 0 fully saturated rings. The number of benzene rings is 2. The van der Waals surface area contributed by atoms with Crippen LogP contribution in [0.3, 0.4) is 0 Å². The second kappa shape index (κ2) is 5.20. The Labute approximate surface area is 123 Å². The zero-order valence-electron chi connectivity index (χ0n) is 12.2. The number of hydrogen-bond donors (Lipinski definition) is 1. The lowest BCUT2D eigenvalue weighted by atomic mass is 10.1. The molecular formula is C17H18FN3. The fourth-order valence-corrected chi connectivity index (χ4v) is 2.78. The van der Waals surface area contributed by atoms with Crippen LogP contribution < -0.4 is 5.73 Å². The minimum Gasteiger partial charge on any atom is -0.369 e. The fraction of sp³-hybridized carbons (Fsp3) is 0.235. The highest BCUT2D eigenvalue weighted by atomic mass is 19.1. The monoisotopic (exact) mass is 283 g/mol. The van der Waals surface area contributed by atoms with Gasteiger partial charge in [-0.3, -0.25) is 0 Å². The van der Waals surface area contributed by atoms with Gasteiger partial charge in [-0.05, 0) is 55.2 Å². The largest absolute Gasteiger partial charge is 0.369 e. The van der Waals surface area contributed by atoms with E-state index in [1.165, 1.54) is 6.07 Å². The molecule has 108 valence electrons. The van der Waals surface area contributed by atoms with Gasteiger partial charge in [0.25, 0.3) is 0 Å². The molecule has 0 spiro atoms.